The van der Waals surface area contributed by atoms with Crippen LogP contribution in [0.15, 0.2) is 41.2 Å². The van der Waals surface area contributed by atoms with Gasteiger partial charge in [0.2, 0.25) is 0 Å². The van der Waals surface area contributed by atoms with Gasteiger partial charge in [0, 0.05) is 5.56 Å². The molecule has 1 amide bonds. The second kappa shape index (κ2) is 7.36. The standard InChI is InChI=1S/C19H13Cl2N5O4/c1-30-13-6-8(2-5-12(13)27)17-23-14(16(22)28)15-18(25-17)26(19(29)24-15)9-3-4-10(20)11(21)7-9/h2-7,27H,1H3,(H2,22,28)(H,24,29). The van der Waals surface area contributed by atoms with E-state index < -0.39 is 11.6 Å². The number of imidazole rings is 1. The average molecular weight is 446 g/mol. The first-order chi connectivity index (χ1) is 14.3. The molecule has 2 aromatic heterocycles. The van der Waals surface area contributed by atoms with Crippen molar-refractivity contribution in [3.63, 3.8) is 0 Å². The molecule has 4 rings (SSSR count). The number of carbonyl (C=O) groups excluding carboxylic acids is 1. The fraction of sp³-hybridized carbons (Fsp3) is 0.0526. The number of fused-ring (bicyclic) bond motifs is 1. The minimum absolute atomic E-state index is 0.0769. The van der Waals surface area contributed by atoms with Gasteiger partial charge in [0.15, 0.2) is 28.7 Å². The van der Waals surface area contributed by atoms with Crippen molar-refractivity contribution < 1.29 is 14.6 Å². The highest BCUT2D eigenvalue weighted by molar-refractivity contribution is 6.42. The maximum absolute atomic E-state index is 12.7. The minimum atomic E-state index is -0.850. The third-order valence-corrected chi connectivity index (χ3v) is 5.11. The summed E-state index contributed by atoms with van der Waals surface area (Å²) in [6.45, 7) is 0. The molecule has 0 radical (unpaired) electrons. The summed E-state index contributed by atoms with van der Waals surface area (Å²) in [5.41, 5.74) is 5.75. The maximum Gasteiger partial charge on any atom is 0.332 e. The number of hydrogen-bond acceptors (Lipinski definition) is 6. The Kier molecular flexibility index (Phi) is 4.84. The molecule has 0 aliphatic rings. The summed E-state index contributed by atoms with van der Waals surface area (Å²) in [6, 6.07) is 9.04. The van der Waals surface area contributed by atoms with Crippen LogP contribution in [0.4, 0.5) is 0 Å². The normalized spacial score (nSPS) is 11.0. The quantitative estimate of drug-likeness (QED) is 0.441. The zero-order valence-corrected chi connectivity index (χ0v) is 16.8. The summed E-state index contributed by atoms with van der Waals surface area (Å²) < 4.78 is 6.34. The van der Waals surface area contributed by atoms with E-state index >= 15 is 0 Å². The summed E-state index contributed by atoms with van der Waals surface area (Å²) in [7, 11) is 1.39. The first-order valence-electron chi connectivity index (χ1n) is 8.45. The van der Waals surface area contributed by atoms with Gasteiger partial charge in [-0.3, -0.25) is 4.79 Å². The van der Waals surface area contributed by atoms with E-state index in [0.29, 0.717) is 16.3 Å². The smallest absolute Gasteiger partial charge is 0.332 e. The number of ether oxygens (including phenoxy) is 1. The molecule has 30 heavy (non-hydrogen) atoms. The number of amides is 1. The summed E-state index contributed by atoms with van der Waals surface area (Å²) in [5, 5.41) is 10.4. The highest BCUT2D eigenvalue weighted by atomic mass is 35.5. The summed E-state index contributed by atoms with van der Waals surface area (Å²) in [6.07, 6.45) is 0. The molecule has 0 saturated heterocycles. The van der Waals surface area contributed by atoms with Crippen LogP contribution < -0.4 is 16.2 Å². The Labute approximate surface area is 178 Å². The van der Waals surface area contributed by atoms with Crippen molar-refractivity contribution in [2.75, 3.05) is 7.11 Å². The molecule has 9 nitrogen and oxygen atoms in total. The number of aromatic amines is 1. The van der Waals surface area contributed by atoms with Gasteiger partial charge in [-0.05, 0) is 36.4 Å². The predicted octanol–water partition coefficient (Wildman–Crippen LogP) is 2.90. The van der Waals surface area contributed by atoms with Crippen LogP contribution in [-0.2, 0) is 0 Å². The van der Waals surface area contributed by atoms with Crippen molar-refractivity contribution in [1.82, 2.24) is 19.5 Å². The Bertz CT molecular complexity index is 1380. The summed E-state index contributed by atoms with van der Waals surface area (Å²) >= 11 is 12.1. The first kappa shape index (κ1) is 19.7. The highest BCUT2D eigenvalue weighted by Gasteiger charge is 2.21. The van der Waals surface area contributed by atoms with Crippen molar-refractivity contribution in [3.05, 3.63) is 62.6 Å². The van der Waals surface area contributed by atoms with E-state index in [1.807, 2.05) is 0 Å². The molecule has 0 unspecified atom stereocenters. The van der Waals surface area contributed by atoms with Gasteiger partial charge < -0.3 is 20.6 Å². The van der Waals surface area contributed by atoms with Crippen molar-refractivity contribution >= 4 is 40.3 Å². The zero-order chi connectivity index (χ0) is 21.6. The third kappa shape index (κ3) is 3.23. The Morgan fingerprint density at radius 1 is 1.17 bits per heavy atom. The number of methoxy groups -OCH3 is 1. The fourth-order valence-corrected chi connectivity index (χ4v) is 3.26. The lowest BCUT2D eigenvalue weighted by molar-refractivity contribution is 0.0997. The second-order valence-corrected chi connectivity index (χ2v) is 7.02. The number of primary amides is 1. The first-order valence-corrected chi connectivity index (χ1v) is 9.21. The number of carbonyl (C=O) groups is 1. The minimum Gasteiger partial charge on any atom is -0.504 e. The number of nitrogens with zero attached hydrogens (tertiary/aromatic N) is 3. The van der Waals surface area contributed by atoms with Crippen LogP contribution in [0, 0.1) is 0 Å². The molecule has 0 spiro atoms. The number of aromatic nitrogens is 4. The molecular formula is C19H13Cl2N5O4. The Hall–Kier alpha value is -3.56. The van der Waals surface area contributed by atoms with E-state index in [-0.39, 0.29) is 39.2 Å². The number of benzene rings is 2. The molecule has 0 saturated carbocycles. The molecule has 4 N–H and O–H groups in total. The molecule has 0 aliphatic carbocycles. The number of rotatable bonds is 4. The highest BCUT2D eigenvalue weighted by Crippen LogP contribution is 2.31. The summed E-state index contributed by atoms with van der Waals surface area (Å²) in [5.74, 6) is -0.640. The van der Waals surface area contributed by atoms with E-state index in [4.69, 9.17) is 33.7 Å². The molecule has 152 valence electrons. The van der Waals surface area contributed by atoms with Gasteiger partial charge in [-0.2, -0.15) is 0 Å². The van der Waals surface area contributed by atoms with E-state index in [0.717, 1.165) is 0 Å². The van der Waals surface area contributed by atoms with Gasteiger partial charge in [-0.1, -0.05) is 23.2 Å². The topological polar surface area (TPSA) is 136 Å². The van der Waals surface area contributed by atoms with Crippen molar-refractivity contribution in [1.29, 1.82) is 0 Å². The Morgan fingerprint density at radius 3 is 2.60 bits per heavy atom. The molecular weight excluding hydrogens is 433 g/mol. The van der Waals surface area contributed by atoms with Gasteiger partial charge in [-0.15, -0.1) is 0 Å². The SMILES string of the molecule is COc1cc(-c2nc(C(N)=O)c3[nH]c(=O)n(-c4ccc(Cl)c(Cl)c4)c3n2)ccc1O. The molecule has 0 atom stereocenters. The van der Waals surface area contributed by atoms with Crippen LogP contribution >= 0.6 is 23.2 Å². The lowest BCUT2D eigenvalue weighted by atomic mass is 10.2. The van der Waals surface area contributed by atoms with Gasteiger partial charge in [0.05, 0.1) is 22.8 Å². The van der Waals surface area contributed by atoms with Gasteiger partial charge >= 0.3 is 5.69 Å². The van der Waals surface area contributed by atoms with E-state index in [9.17, 15) is 14.7 Å². The maximum atomic E-state index is 12.7. The van der Waals surface area contributed by atoms with E-state index in [1.165, 1.54) is 42.0 Å². The Morgan fingerprint density at radius 2 is 1.93 bits per heavy atom. The van der Waals surface area contributed by atoms with Crippen LogP contribution in [0.25, 0.3) is 28.2 Å². The molecule has 2 heterocycles. The average Bonchev–Trinajstić information content (AvgIpc) is 3.05. The number of phenolic OH excluding ortho intramolecular Hbond substituents is 1. The van der Waals surface area contributed by atoms with Crippen LogP contribution in [0.5, 0.6) is 11.5 Å². The lowest BCUT2D eigenvalue weighted by Gasteiger charge is -2.09. The van der Waals surface area contributed by atoms with Gasteiger partial charge in [0.25, 0.3) is 5.91 Å². The molecule has 2 aromatic carbocycles. The van der Waals surface area contributed by atoms with Gasteiger partial charge in [0.1, 0.15) is 5.52 Å². The third-order valence-electron chi connectivity index (χ3n) is 4.37. The zero-order valence-electron chi connectivity index (χ0n) is 15.3. The lowest BCUT2D eigenvalue weighted by Crippen LogP contribution is -2.15. The molecule has 4 aromatic rings. The van der Waals surface area contributed by atoms with Crippen LogP contribution in [0.2, 0.25) is 10.0 Å². The number of nitrogens with one attached hydrogen (secondary N) is 1. The number of halogens is 2. The van der Waals surface area contributed by atoms with Crippen LogP contribution in [0.1, 0.15) is 10.5 Å². The fourth-order valence-electron chi connectivity index (χ4n) is 2.97. The number of hydrogen-bond donors (Lipinski definition) is 3. The monoisotopic (exact) mass is 445 g/mol. The van der Waals surface area contributed by atoms with Crippen molar-refractivity contribution in [3.8, 4) is 28.6 Å². The largest absolute Gasteiger partial charge is 0.504 e. The number of H-pyrrole nitrogens is 1. The molecule has 0 bridgehead atoms. The Balaban J connectivity index is 2.04. The van der Waals surface area contributed by atoms with E-state index in [2.05, 4.69) is 15.0 Å². The predicted molar refractivity (Wildman–Crippen MR) is 112 cm³/mol. The van der Waals surface area contributed by atoms with Crippen molar-refractivity contribution in [2.45, 2.75) is 0 Å². The number of nitrogens with two attached hydrogens (primary N) is 1. The van der Waals surface area contributed by atoms with E-state index in [1.54, 1.807) is 6.07 Å². The second-order valence-electron chi connectivity index (χ2n) is 6.21. The molecule has 11 heteroatoms. The molecule has 0 aliphatic heterocycles. The number of phenols is 1. The van der Waals surface area contributed by atoms with Gasteiger partial charge in [-0.25, -0.2) is 19.3 Å². The van der Waals surface area contributed by atoms with Crippen molar-refractivity contribution in [2.24, 2.45) is 5.73 Å². The van der Waals surface area contributed by atoms with Crippen LogP contribution in [0.3, 0.4) is 0 Å². The van der Waals surface area contributed by atoms with Crippen LogP contribution in [-0.4, -0.2) is 37.6 Å². The summed E-state index contributed by atoms with van der Waals surface area (Å²) in [4.78, 5) is 35.9. The number of aromatic hydroxyl groups is 1. The molecule has 0 fully saturated rings.